The van der Waals surface area contributed by atoms with Crippen molar-refractivity contribution >= 4 is 6.09 Å². The molecule has 3 nitrogen and oxygen atoms in total. The van der Waals surface area contributed by atoms with Crippen LogP contribution in [0.5, 0.6) is 0 Å². The second-order valence-electron chi connectivity index (χ2n) is 7.75. The Labute approximate surface area is 156 Å². The number of hydrogen-bond acceptors (Lipinski definition) is 2. The van der Waals surface area contributed by atoms with Crippen LogP contribution in [0.3, 0.4) is 0 Å². The van der Waals surface area contributed by atoms with Crippen molar-refractivity contribution in [1.29, 1.82) is 0 Å². The fourth-order valence-electron chi connectivity index (χ4n) is 4.23. The molecule has 0 spiro atoms. The van der Waals surface area contributed by atoms with E-state index in [9.17, 15) is 4.79 Å². The zero-order chi connectivity index (χ0) is 18.9. The molecule has 2 aromatic carbocycles. The lowest BCUT2D eigenvalue weighted by Crippen LogP contribution is -2.30. The first-order chi connectivity index (χ1) is 12.4. The summed E-state index contributed by atoms with van der Waals surface area (Å²) in [5, 5.41) is 0. The molecule has 3 heteroatoms. The smallest absolute Gasteiger partial charge is 0.405 e. The SMILES string of the molecule is CCC1(CC)Cc2cc(-c3ccc(C(C)C)cc3)ccc2C1OC(N)=O. The molecule has 26 heavy (non-hydrogen) atoms. The van der Waals surface area contributed by atoms with Crippen molar-refractivity contribution in [3.8, 4) is 11.1 Å². The Morgan fingerprint density at radius 3 is 2.27 bits per heavy atom. The first-order valence-electron chi connectivity index (χ1n) is 9.59. The van der Waals surface area contributed by atoms with Gasteiger partial charge in [-0.05, 0) is 53.0 Å². The van der Waals surface area contributed by atoms with Crippen molar-refractivity contribution in [2.24, 2.45) is 11.1 Å². The average Bonchev–Trinajstić information content (AvgIpc) is 2.94. The molecule has 0 bridgehead atoms. The van der Waals surface area contributed by atoms with Crippen LogP contribution in [0.4, 0.5) is 4.79 Å². The molecule has 1 unspecified atom stereocenters. The van der Waals surface area contributed by atoms with Crippen molar-refractivity contribution in [2.75, 3.05) is 0 Å². The minimum absolute atomic E-state index is 0.0580. The summed E-state index contributed by atoms with van der Waals surface area (Å²) in [4.78, 5) is 11.5. The summed E-state index contributed by atoms with van der Waals surface area (Å²) in [6, 6.07) is 15.3. The van der Waals surface area contributed by atoms with Gasteiger partial charge < -0.3 is 10.5 Å². The molecule has 3 rings (SSSR count). The van der Waals surface area contributed by atoms with Crippen LogP contribution in [0.15, 0.2) is 42.5 Å². The summed E-state index contributed by atoms with van der Waals surface area (Å²) < 4.78 is 5.56. The van der Waals surface area contributed by atoms with Gasteiger partial charge in [-0.25, -0.2) is 4.79 Å². The molecule has 2 aromatic rings. The van der Waals surface area contributed by atoms with Gasteiger partial charge in [0, 0.05) is 5.41 Å². The predicted octanol–water partition coefficient (Wildman–Crippen LogP) is 5.98. The second-order valence-corrected chi connectivity index (χ2v) is 7.75. The number of ether oxygens (including phenoxy) is 1. The van der Waals surface area contributed by atoms with Crippen LogP contribution in [-0.4, -0.2) is 6.09 Å². The first-order valence-corrected chi connectivity index (χ1v) is 9.59. The highest BCUT2D eigenvalue weighted by atomic mass is 16.6. The third-order valence-electron chi connectivity index (χ3n) is 6.08. The molecule has 0 saturated carbocycles. The Morgan fingerprint density at radius 2 is 1.73 bits per heavy atom. The minimum Gasteiger partial charge on any atom is -0.441 e. The summed E-state index contributed by atoms with van der Waals surface area (Å²) in [6.07, 6.45) is 1.89. The van der Waals surface area contributed by atoms with Crippen molar-refractivity contribution in [3.63, 3.8) is 0 Å². The van der Waals surface area contributed by atoms with Crippen LogP contribution in [0.2, 0.25) is 0 Å². The second kappa shape index (κ2) is 7.14. The molecule has 0 fully saturated rings. The normalized spacial score (nSPS) is 18.0. The molecule has 1 amide bonds. The van der Waals surface area contributed by atoms with Gasteiger partial charge in [-0.1, -0.05) is 70.2 Å². The van der Waals surface area contributed by atoms with Gasteiger partial charge in [0.15, 0.2) is 0 Å². The van der Waals surface area contributed by atoms with E-state index in [1.54, 1.807) is 0 Å². The zero-order valence-corrected chi connectivity index (χ0v) is 16.2. The number of hydrogen-bond donors (Lipinski definition) is 1. The Kier molecular flexibility index (Phi) is 5.08. The molecule has 1 aliphatic carbocycles. The fourth-order valence-corrected chi connectivity index (χ4v) is 4.23. The van der Waals surface area contributed by atoms with E-state index < -0.39 is 6.09 Å². The summed E-state index contributed by atoms with van der Waals surface area (Å²) in [6.45, 7) is 8.74. The topological polar surface area (TPSA) is 52.3 Å². The summed E-state index contributed by atoms with van der Waals surface area (Å²) in [5.41, 5.74) is 11.4. The van der Waals surface area contributed by atoms with Crippen molar-refractivity contribution in [1.82, 2.24) is 0 Å². The van der Waals surface area contributed by atoms with Gasteiger partial charge in [-0.2, -0.15) is 0 Å². The fraction of sp³-hybridized carbons (Fsp3) is 0.435. The van der Waals surface area contributed by atoms with E-state index >= 15 is 0 Å². The monoisotopic (exact) mass is 351 g/mol. The summed E-state index contributed by atoms with van der Waals surface area (Å²) >= 11 is 0. The van der Waals surface area contributed by atoms with Gasteiger partial charge in [0.05, 0.1) is 0 Å². The first kappa shape index (κ1) is 18.5. The third-order valence-corrected chi connectivity index (χ3v) is 6.08. The highest BCUT2D eigenvalue weighted by molar-refractivity contribution is 5.68. The largest absolute Gasteiger partial charge is 0.441 e. The van der Waals surface area contributed by atoms with Gasteiger partial charge in [0.1, 0.15) is 6.10 Å². The molecule has 0 saturated heterocycles. The summed E-state index contributed by atoms with van der Waals surface area (Å²) in [7, 11) is 0. The van der Waals surface area contributed by atoms with Gasteiger partial charge in [-0.3, -0.25) is 0 Å². The maximum Gasteiger partial charge on any atom is 0.405 e. The van der Waals surface area contributed by atoms with E-state index in [1.807, 2.05) is 0 Å². The van der Waals surface area contributed by atoms with Gasteiger partial charge >= 0.3 is 6.09 Å². The number of primary amides is 1. The highest BCUT2D eigenvalue weighted by Gasteiger charge is 2.46. The number of benzene rings is 2. The molecule has 1 atom stereocenters. The number of carbonyl (C=O) groups is 1. The Bertz CT molecular complexity index is 788. The number of rotatable bonds is 5. The highest BCUT2D eigenvalue weighted by Crippen LogP contribution is 2.52. The average molecular weight is 351 g/mol. The van der Waals surface area contributed by atoms with Gasteiger partial charge in [0.2, 0.25) is 0 Å². The van der Waals surface area contributed by atoms with Gasteiger partial charge in [0.25, 0.3) is 0 Å². The van der Waals surface area contributed by atoms with Crippen LogP contribution < -0.4 is 5.73 Å². The summed E-state index contributed by atoms with van der Waals surface area (Å²) in [5.74, 6) is 0.533. The van der Waals surface area contributed by atoms with E-state index in [0.717, 1.165) is 24.8 Å². The van der Waals surface area contributed by atoms with E-state index in [0.29, 0.717) is 5.92 Å². The van der Waals surface area contributed by atoms with Crippen molar-refractivity contribution < 1.29 is 9.53 Å². The zero-order valence-electron chi connectivity index (χ0n) is 16.2. The van der Waals surface area contributed by atoms with Crippen LogP contribution in [-0.2, 0) is 11.2 Å². The maximum absolute atomic E-state index is 11.5. The molecule has 1 aliphatic rings. The number of fused-ring (bicyclic) bond motifs is 1. The molecule has 0 aliphatic heterocycles. The van der Waals surface area contributed by atoms with Crippen molar-refractivity contribution in [2.45, 2.75) is 59.0 Å². The molecule has 0 radical (unpaired) electrons. The Hall–Kier alpha value is -2.29. The minimum atomic E-state index is -0.692. The quantitative estimate of drug-likeness (QED) is 0.721. The molecular formula is C23H29NO2. The number of carbonyl (C=O) groups excluding carboxylic acids is 1. The lowest BCUT2D eigenvalue weighted by Gasteiger charge is -2.32. The van der Waals surface area contributed by atoms with E-state index in [1.165, 1.54) is 22.3 Å². The lowest BCUT2D eigenvalue weighted by atomic mass is 9.77. The molecular weight excluding hydrogens is 322 g/mol. The van der Waals surface area contributed by atoms with Crippen LogP contribution >= 0.6 is 0 Å². The molecule has 2 N–H and O–H groups in total. The van der Waals surface area contributed by atoms with Crippen LogP contribution in [0.1, 0.15) is 69.2 Å². The standard InChI is InChI=1S/C23H29NO2/c1-5-23(6-2)14-19-13-18(11-12-20(19)21(23)26-22(24)25)17-9-7-16(8-10-17)15(3)4/h7-13,15,21H,5-6,14H2,1-4H3,(H2,24,25). The Morgan fingerprint density at radius 1 is 1.12 bits per heavy atom. The number of amides is 1. The molecule has 0 heterocycles. The van der Waals surface area contributed by atoms with Crippen LogP contribution in [0, 0.1) is 5.41 Å². The molecule has 0 aromatic heterocycles. The third kappa shape index (κ3) is 3.23. The van der Waals surface area contributed by atoms with E-state index in [-0.39, 0.29) is 11.5 Å². The van der Waals surface area contributed by atoms with E-state index in [4.69, 9.17) is 10.5 Å². The van der Waals surface area contributed by atoms with Crippen LogP contribution in [0.25, 0.3) is 11.1 Å². The maximum atomic E-state index is 11.5. The predicted molar refractivity (Wildman–Crippen MR) is 106 cm³/mol. The van der Waals surface area contributed by atoms with Crippen molar-refractivity contribution in [3.05, 3.63) is 59.2 Å². The van der Waals surface area contributed by atoms with Gasteiger partial charge in [-0.15, -0.1) is 0 Å². The lowest BCUT2D eigenvalue weighted by molar-refractivity contribution is 0.0140. The van der Waals surface area contributed by atoms with E-state index in [2.05, 4.69) is 70.2 Å². The number of nitrogens with two attached hydrogens (primary N) is 1. The molecule has 138 valence electrons. The Balaban J connectivity index is 1.98.